The first kappa shape index (κ1) is 27.0. The van der Waals surface area contributed by atoms with E-state index in [9.17, 15) is 18.8 Å². The van der Waals surface area contributed by atoms with Crippen LogP contribution < -0.4 is 10.2 Å². The lowest BCUT2D eigenvalue weighted by molar-refractivity contribution is -0.136. The van der Waals surface area contributed by atoms with Crippen molar-refractivity contribution < 1.29 is 27.7 Å². The average Bonchev–Trinajstić information content (AvgIpc) is 3.54. The third kappa shape index (κ3) is 4.92. The highest BCUT2D eigenvalue weighted by Crippen LogP contribution is 2.32. The zero-order valence-electron chi connectivity index (χ0n) is 23.2. The third-order valence-electron chi connectivity index (χ3n) is 9.14. The lowest BCUT2D eigenvalue weighted by atomic mass is 10.0. The minimum absolute atomic E-state index is 0.0343. The maximum Gasteiger partial charge on any atom is 0.258 e. The van der Waals surface area contributed by atoms with Gasteiger partial charge >= 0.3 is 0 Å². The van der Waals surface area contributed by atoms with Crippen molar-refractivity contribution >= 4 is 34.5 Å². The van der Waals surface area contributed by atoms with E-state index in [1.165, 1.54) is 23.1 Å². The molecule has 0 saturated carbocycles. The Balaban J connectivity index is 0.931. The highest BCUT2D eigenvalue weighted by molar-refractivity contribution is 6.05. The second-order valence-corrected chi connectivity index (χ2v) is 11.7. The van der Waals surface area contributed by atoms with Gasteiger partial charge in [0.25, 0.3) is 5.91 Å². The molecule has 2 aromatic carbocycles. The van der Waals surface area contributed by atoms with Gasteiger partial charge in [0.1, 0.15) is 17.7 Å². The Bertz CT molecular complexity index is 1560. The SMILES string of the molecule is O=C1CCC(N2Cc3cc(CN4CCC(N5CCN(c6noc7cc(F)ccc67)CC5)CC4)cc(F)c3C2=O)C(=O)N1. The predicted molar refractivity (Wildman–Crippen MR) is 148 cm³/mol. The van der Waals surface area contributed by atoms with Crippen LogP contribution in [0, 0.1) is 11.6 Å². The van der Waals surface area contributed by atoms with Crippen molar-refractivity contribution in [2.45, 2.75) is 50.9 Å². The Kier molecular flexibility index (Phi) is 6.89. The van der Waals surface area contributed by atoms with E-state index in [2.05, 4.69) is 25.2 Å². The molecule has 7 rings (SSSR count). The quantitative estimate of drug-likeness (QED) is 0.462. The molecule has 4 aliphatic heterocycles. The number of benzene rings is 2. The zero-order chi connectivity index (χ0) is 29.0. The summed E-state index contributed by atoms with van der Waals surface area (Å²) in [4.78, 5) is 45.2. The summed E-state index contributed by atoms with van der Waals surface area (Å²) < 4.78 is 34.0. The van der Waals surface area contributed by atoms with Gasteiger partial charge in [0.05, 0.1) is 10.9 Å². The monoisotopic (exact) mass is 578 g/mol. The lowest BCUT2D eigenvalue weighted by Crippen LogP contribution is -2.53. The first-order valence-corrected chi connectivity index (χ1v) is 14.6. The number of anilines is 1. The fourth-order valence-corrected chi connectivity index (χ4v) is 6.94. The number of halogens is 2. The van der Waals surface area contributed by atoms with Gasteiger partial charge in [-0.05, 0) is 61.7 Å². The summed E-state index contributed by atoms with van der Waals surface area (Å²) in [5.41, 5.74) is 1.90. The van der Waals surface area contributed by atoms with Gasteiger partial charge in [-0.2, -0.15) is 0 Å². The summed E-state index contributed by atoms with van der Waals surface area (Å²) in [6.07, 6.45) is 2.45. The molecule has 4 aliphatic rings. The average molecular weight is 579 g/mol. The topological polar surface area (TPSA) is 102 Å². The normalized spacial score (nSPS) is 22.7. The van der Waals surface area contributed by atoms with E-state index in [1.807, 2.05) is 6.07 Å². The molecule has 12 heteroatoms. The molecule has 220 valence electrons. The van der Waals surface area contributed by atoms with Crippen LogP contribution in [0.4, 0.5) is 14.6 Å². The zero-order valence-corrected chi connectivity index (χ0v) is 23.2. The van der Waals surface area contributed by atoms with Crippen molar-refractivity contribution in [2.75, 3.05) is 44.2 Å². The number of rotatable bonds is 5. The van der Waals surface area contributed by atoms with Crippen LogP contribution in [-0.2, 0) is 22.7 Å². The van der Waals surface area contributed by atoms with Crippen molar-refractivity contribution in [1.29, 1.82) is 0 Å². The summed E-state index contributed by atoms with van der Waals surface area (Å²) in [6.45, 7) is 6.01. The van der Waals surface area contributed by atoms with E-state index in [0.717, 1.165) is 68.9 Å². The van der Waals surface area contributed by atoms with Gasteiger partial charge in [0.2, 0.25) is 11.8 Å². The van der Waals surface area contributed by atoms with E-state index < -0.39 is 23.7 Å². The number of amides is 3. The van der Waals surface area contributed by atoms with Crippen molar-refractivity contribution in [3.8, 4) is 0 Å². The van der Waals surface area contributed by atoms with Crippen LogP contribution in [0.1, 0.15) is 47.2 Å². The number of imide groups is 1. The molecule has 0 radical (unpaired) electrons. The summed E-state index contributed by atoms with van der Waals surface area (Å²) in [6, 6.07) is 7.56. The molecule has 3 fully saturated rings. The van der Waals surface area contributed by atoms with Gasteiger partial charge < -0.3 is 14.3 Å². The van der Waals surface area contributed by atoms with E-state index in [4.69, 9.17) is 4.52 Å². The molecule has 1 N–H and O–H groups in total. The van der Waals surface area contributed by atoms with E-state index in [1.54, 1.807) is 6.07 Å². The number of piperazine rings is 1. The maximum atomic E-state index is 15.1. The highest BCUT2D eigenvalue weighted by atomic mass is 19.1. The van der Waals surface area contributed by atoms with Crippen molar-refractivity contribution in [1.82, 2.24) is 25.2 Å². The first-order valence-electron chi connectivity index (χ1n) is 14.6. The number of piperidine rings is 2. The largest absolute Gasteiger partial charge is 0.354 e. The molecule has 1 unspecified atom stereocenters. The van der Waals surface area contributed by atoms with Crippen LogP contribution >= 0.6 is 0 Å². The first-order chi connectivity index (χ1) is 20.3. The highest BCUT2D eigenvalue weighted by Gasteiger charge is 2.40. The van der Waals surface area contributed by atoms with Gasteiger partial charge in [-0.25, -0.2) is 8.78 Å². The Morgan fingerprint density at radius 1 is 0.952 bits per heavy atom. The Hall–Kier alpha value is -3.90. The van der Waals surface area contributed by atoms with Crippen LogP contribution in [-0.4, -0.2) is 88.9 Å². The number of carbonyl (C=O) groups excluding carboxylic acids is 3. The molecule has 0 aliphatic carbocycles. The van der Waals surface area contributed by atoms with Crippen LogP contribution in [0.2, 0.25) is 0 Å². The van der Waals surface area contributed by atoms with Crippen LogP contribution in [0.15, 0.2) is 34.9 Å². The molecule has 0 spiro atoms. The lowest BCUT2D eigenvalue weighted by Gasteiger charge is -2.42. The summed E-state index contributed by atoms with van der Waals surface area (Å²) in [5, 5.41) is 7.30. The second kappa shape index (κ2) is 10.7. The van der Waals surface area contributed by atoms with Gasteiger partial charge in [-0.3, -0.25) is 29.5 Å². The number of likely N-dealkylation sites (tertiary alicyclic amines) is 1. The van der Waals surface area contributed by atoms with Crippen molar-refractivity contribution in [3.05, 3.63) is 58.7 Å². The molecular formula is C30H32F2N6O4. The van der Waals surface area contributed by atoms with Crippen LogP contribution in [0.5, 0.6) is 0 Å². The predicted octanol–water partition coefficient (Wildman–Crippen LogP) is 2.65. The summed E-state index contributed by atoms with van der Waals surface area (Å²) >= 11 is 0. The second-order valence-electron chi connectivity index (χ2n) is 11.7. The molecule has 1 atom stereocenters. The number of carbonyl (C=O) groups is 3. The van der Waals surface area contributed by atoms with E-state index >= 15 is 4.39 Å². The van der Waals surface area contributed by atoms with Crippen molar-refractivity contribution in [2.24, 2.45) is 0 Å². The summed E-state index contributed by atoms with van der Waals surface area (Å²) in [5.74, 6) is -1.47. The van der Waals surface area contributed by atoms with Crippen LogP contribution in [0.25, 0.3) is 11.0 Å². The Morgan fingerprint density at radius 3 is 2.50 bits per heavy atom. The molecule has 5 heterocycles. The molecule has 0 bridgehead atoms. The number of nitrogens with zero attached hydrogens (tertiary/aromatic N) is 5. The van der Waals surface area contributed by atoms with Gasteiger partial charge in [0.15, 0.2) is 11.4 Å². The van der Waals surface area contributed by atoms with Crippen LogP contribution in [0.3, 0.4) is 0 Å². The Labute approximate surface area is 241 Å². The minimum Gasteiger partial charge on any atom is -0.354 e. The number of hydrogen-bond donors (Lipinski definition) is 1. The Morgan fingerprint density at radius 2 is 1.74 bits per heavy atom. The van der Waals surface area contributed by atoms with Gasteiger partial charge in [-0.1, -0.05) is 11.2 Å². The van der Waals surface area contributed by atoms with E-state index in [-0.39, 0.29) is 36.7 Å². The number of fused-ring (bicyclic) bond motifs is 2. The number of aromatic nitrogens is 1. The van der Waals surface area contributed by atoms with Gasteiger partial charge in [-0.15, -0.1) is 0 Å². The standard InChI is InChI=1S/C30H32F2N6O4/c31-20-1-2-22-25(15-20)42-34-28(22)37-11-9-36(10-12-37)21-5-7-35(8-6-21)16-18-13-19-17-38(30(41)27(19)23(32)14-18)24-3-4-26(39)33-29(24)40/h1-2,13-15,21,24H,3-12,16-17H2,(H,33,39,40). The minimum atomic E-state index is -0.758. The fourth-order valence-electron chi connectivity index (χ4n) is 6.94. The smallest absolute Gasteiger partial charge is 0.258 e. The molecule has 1 aromatic heterocycles. The summed E-state index contributed by atoms with van der Waals surface area (Å²) in [7, 11) is 0. The molecule has 10 nitrogen and oxygen atoms in total. The molecule has 3 amide bonds. The van der Waals surface area contributed by atoms with Gasteiger partial charge in [0, 0.05) is 57.8 Å². The van der Waals surface area contributed by atoms with E-state index in [0.29, 0.717) is 23.7 Å². The van der Waals surface area contributed by atoms with Crippen molar-refractivity contribution in [3.63, 3.8) is 0 Å². The number of nitrogens with one attached hydrogen (secondary N) is 1. The molecule has 3 aromatic rings. The fraction of sp³-hybridized carbons (Fsp3) is 0.467. The maximum absolute atomic E-state index is 15.1. The third-order valence-corrected chi connectivity index (χ3v) is 9.14. The molecular weight excluding hydrogens is 546 g/mol. The number of hydrogen-bond acceptors (Lipinski definition) is 8. The molecule has 3 saturated heterocycles. The molecule has 42 heavy (non-hydrogen) atoms.